The Hall–Kier alpha value is -3.57. The lowest BCUT2D eigenvalue weighted by Gasteiger charge is -2.24. The van der Waals surface area contributed by atoms with Gasteiger partial charge in [0.25, 0.3) is 15.9 Å². The normalized spacial score (nSPS) is 11.6. The van der Waals surface area contributed by atoms with Crippen LogP contribution in [0.3, 0.4) is 0 Å². The average molecular weight is 619 g/mol. The first-order valence-corrected chi connectivity index (χ1v) is 15.9. The van der Waals surface area contributed by atoms with Gasteiger partial charge in [0.05, 0.1) is 33.4 Å². The van der Waals surface area contributed by atoms with Crippen LogP contribution in [0.15, 0.2) is 95.9 Å². The maximum atomic E-state index is 12.8. The van der Waals surface area contributed by atoms with Gasteiger partial charge in [0, 0.05) is 16.9 Å². The van der Waals surface area contributed by atoms with Gasteiger partial charge < -0.3 is 5.32 Å². The second kappa shape index (κ2) is 11.9. The summed E-state index contributed by atoms with van der Waals surface area (Å²) in [4.78, 5) is 12.8. The van der Waals surface area contributed by atoms with Crippen LogP contribution in [-0.4, -0.2) is 29.0 Å². The summed E-state index contributed by atoms with van der Waals surface area (Å²) < 4.78 is 54.1. The maximum absolute atomic E-state index is 12.8. The standard InChI is InChI=1S/C28H25Cl2N3O5S2/c1-19-5-3-6-23(17-19)32-40(37,38)24-15-13-22(14-16-24)31-28(34)21-11-9-20(10-12-21)18-33(39(2,35)36)26-8-4-7-25(29)27(26)30/h3-17,32H,18H2,1-2H3,(H,31,34). The molecule has 1 amide bonds. The Labute approximate surface area is 243 Å². The lowest BCUT2D eigenvalue weighted by Crippen LogP contribution is -2.29. The van der Waals surface area contributed by atoms with Crippen LogP contribution in [0.1, 0.15) is 21.5 Å². The lowest BCUT2D eigenvalue weighted by molar-refractivity contribution is 0.102. The molecule has 0 aliphatic heterocycles. The number of halogens is 2. The minimum absolute atomic E-state index is 0.0205. The first-order valence-electron chi connectivity index (χ1n) is 11.8. The van der Waals surface area contributed by atoms with Crippen molar-refractivity contribution in [1.29, 1.82) is 0 Å². The maximum Gasteiger partial charge on any atom is 0.261 e. The topological polar surface area (TPSA) is 113 Å². The Morgan fingerprint density at radius 2 is 1.48 bits per heavy atom. The highest BCUT2D eigenvalue weighted by Gasteiger charge is 2.22. The van der Waals surface area contributed by atoms with Gasteiger partial charge >= 0.3 is 0 Å². The lowest BCUT2D eigenvalue weighted by atomic mass is 10.1. The van der Waals surface area contributed by atoms with E-state index in [2.05, 4.69) is 10.0 Å². The van der Waals surface area contributed by atoms with Crippen molar-refractivity contribution in [2.24, 2.45) is 0 Å². The van der Waals surface area contributed by atoms with Gasteiger partial charge in [-0.15, -0.1) is 0 Å². The number of rotatable bonds is 9. The molecule has 40 heavy (non-hydrogen) atoms. The number of carbonyl (C=O) groups is 1. The van der Waals surface area contributed by atoms with E-state index in [1.54, 1.807) is 60.7 Å². The van der Waals surface area contributed by atoms with Crippen LogP contribution in [0, 0.1) is 6.92 Å². The second-order valence-electron chi connectivity index (χ2n) is 8.99. The largest absolute Gasteiger partial charge is 0.322 e. The molecule has 0 heterocycles. The monoisotopic (exact) mass is 617 g/mol. The molecule has 0 atom stereocenters. The van der Waals surface area contributed by atoms with Gasteiger partial charge in [-0.1, -0.05) is 53.5 Å². The fourth-order valence-electron chi connectivity index (χ4n) is 3.84. The first kappa shape index (κ1) is 29.4. The van der Waals surface area contributed by atoms with Gasteiger partial charge in [0.1, 0.15) is 0 Å². The van der Waals surface area contributed by atoms with Gasteiger partial charge in [0.2, 0.25) is 10.0 Å². The predicted octanol–water partition coefficient (Wildman–Crippen LogP) is 6.32. The molecule has 12 heteroatoms. The van der Waals surface area contributed by atoms with Gasteiger partial charge in [0.15, 0.2) is 0 Å². The van der Waals surface area contributed by atoms with E-state index in [1.807, 2.05) is 13.0 Å². The van der Waals surface area contributed by atoms with E-state index in [0.29, 0.717) is 22.5 Å². The smallest absolute Gasteiger partial charge is 0.261 e. The highest BCUT2D eigenvalue weighted by Crippen LogP contribution is 2.34. The Bertz CT molecular complexity index is 1760. The number of benzene rings is 4. The molecular formula is C28H25Cl2N3O5S2. The van der Waals surface area contributed by atoms with Crippen molar-refractivity contribution in [3.8, 4) is 0 Å². The molecule has 0 saturated carbocycles. The molecule has 4 rings (SSSR count). The molecule has 0 unspecified atom stereocenters. The van der Waals surface area contributed by atoms with Crippen molar-refractivity contribution in [2.45, 2.75) is 18.4 Å². The zero-order valence-corrected chi connectivity index (χ0v) is 24.6. The third kappa shape index (κ3) is 7.14. The molecule has 208 valence electrons. The second-order valence-corrected chi connectivity index (χ2v) is 13.4. The summed E-state index contributed by atoms with van der Waals surface area (Å²) in [6.07, 6.45) is 1.07. The fourth-order valence-corrected chi connectivity index (χ4v) is 6.23. The van der Waals surface area contributed by atoms with Crippen LogP contribution in [-0.2, 0) is 26.6 Å². The summed E-state index contributed by atoms with van der Waals surface area (Å²) in [5, 5.41) is 3.08. The predicted molar refractivity (Wildman–Crippen MR) is 160 cm³/mol. The highest BCUT2D eigenvalue weighted by atomic mass is 35.5. The number of hydrogen-bond acceptors (Lipinski definition) is 5. The summed E-state index contributed by atoms with van der Waals surface area (Å²) in [6, 6.07) is 23.9. The van der Waals surface area contributed by atoms with E-state index in [4.69, 9.17) is 23.2 Å². The molecule has 0 saturated heterocycles. The number of sulfonamides is 2. The Morgan fingerprint density at radius 1 is 0.825 bits per heavy atom. The molecule has 0 bridgehead atoms. The average Bonchev–Trinajstić information content (AvgIpc) is 2.89. The number of nitrogens with one attached hydrogen (secondary N) is 2. The van der Waals surface area contributed by atoms with E-state index in [0.717, 1.165) is 16.1 Å². The fraction of sp³-hybridized carbons (Fsp3) is 0.107. The minimum atomic E-state index is -3.80. The Balaban J connectivity index is 1.44. The third-order valence-electron chi connectivity index (χ3n) is 5.84. The Morgan fingerprint density at radius 3 is 2.10 bits per heavy atom. The number of aryl methyl sites for hydroxylation is 1. The van der Waals surface area contributed by atoms with Crippen molar-refractivity contribution >= 4 is 66.2 Å². The molecule has 8 nitrogen and oxygen atoms in total. The van der Waals surface area contributed by atoms with E-state index in [1.165, 1.54) is 24.3 Å². The van der Waals surface area contributed by atoms with E-state index in [9.17, 15) is 21.6 Å². The van der Waals surface area contributed by atoms with E-state index >= 15 is 0 Å². The molecule has 0 aliphatic carbocycles. The number of hydrogen-bond donors (Lipinski definition) is 2. The van der Waals surface area contributed by atoms with Gasteiger partial charge in [-0.25, -0.2) is 16.8 Å². The van der Waals surface area contributed by atoms with Crippen molar-refractivity contribution in [3.05, 3.63) is 118 Å². The minimum Gasteiger partial charge on any atom is -0.322 e. The summed E-state index contributed by atoms with van der Waals surface area (Å²) in [7, 11) is -7.50. The summed E-state index contributed by atoms with van der Waals surface area (Å²) in [5.41, 5.74) is 2.98. The van der Waals surface area contributed by atoms with Gasteiger partial charge in [-0.3, -0.25) is 13.8 Å². The molecule has 4 aromatic rings. The van der Waals surface area contributed by atoms with Crippen LogP contribution in [0.4, 0.5) is 17.1 Å². The zero-order valence-electron chi connectivity index (χ0n) is 21.4. The molecule has 0 spiro atoms. The summed E-state index contributed by atoms with van der Waals surface area (Å²) in [5.74, 6) is -0.419. The zero-order chi connectivity index (χ0) is 29.1. The molecular weight excluding hydrogens is 593 g/mol. The number of amides is 1. The number of carbonyl (C=O) groups excluding carboxylic acids is 1. The van der Waals surface area contributed by atoms with Crippen molar-refractivity contribution in [3.63, 3.8) is 0 Å². The van der Waals surface area contributed by atoms with E-state index < -0.39 is 26.0 Å². The van der Waals surface area contributed by atoms with Crippen LogP contribution in [0.2, 0.25) is 10.0 Å². The molecule has 0 fully saturated rings. The van der Waals surface area contributed by atoms with Gasteiger partial charge in [-0.05, 0) is 78.7 Å². The molecule has 0 aliphatic rings. The van der Waals surface area contributed by atoms with Crippen LogP contribution < -0.4 is 14.3 Å². The van der Waals surface area contributed by atoms with Crippen molar-refractivity contribution in [2.75, 3.05) is 20.6 Å². The quantitative estimate of drug-likeness (QED) is 0.228. The van der Waals surface area contributed by atoms with Crippen LogP contribution in [0.5, 0.6) is 0 Å². The van der Waals surface area contributed by atoms with Crippen LogP contribution in [0.25, 0.3) is 0 Å². The summed E-state index contributed by atoms with van der Waals surface area (Å²) >= 11 is 12.3. The number of nitrogens with zero attached hydrogens (tertiary/aromatic N) is 1. The molecule has 0 aromatic heterocycles. The van der Waals surface area contributed by atoms with Gasteiger partial charge in [-0.2, -0.15) is 0 Å². The van der Waals surface area contributed by atoms with Crippen molar-refractivity contribution < 1.29 is 21.6 Å². The molecule has 0 radical (unpaired) electrons. The SMILES string of the molecule is Cc1cccc(NS(=O)(=O)c2ccc(NC(=O)c3ccc(CN(c4cccc(Cl)c4Cl)S(C)(=O)=O)cc3)cc2)c1. The van der Waals surface area contributed by atoms with E-state index in [-0.39, 0.29) is 27.2 Å². The Kier molecular flexibility index (Phi) is 8.74. The number of anilines is 3. The van der Waals surface area contributed by atoms with Crippen molar-refractivity contribution in [1.82, 2.24) is 0 Å². The first-order chi connectivity index (χ1) is 18.8. The third-order valence-corrected chi connectivity index (χ3v) is 9.17. The highest BCUT2D eigenvalue weighted by molar-refractivity contribution is 7.92. The summed E-state index contributed by atoms with van der Waals surface area (Å²) in [6.45, 7) is 1.84. The molecule has 4 aromatic carbocycles. The van der Waals surface area contributed by atoms with Crippen LogP contribution >= 0.6 is 23.2 Å². The molecule has 2 N–H and O–H groups in total.